The molecule has 0 aromatic carbocycles. The fraction of sp³-hybridized carbons (Fsp3) is 0.778. The van der Waals surface area contributed by atoms with E-state index >= 15 is 0 Å². The lowest BCUT2D eigenvalue weighted by Gasteiger charge is -2.30. The number of rotatable bonds is 3. The molecule has 2 N–H and O–H groups in total. The van der Waals surface area contributed by atoms with E-state index in [2.05, 4.69) is 5.32 Å². The lowest BCUT2D eigenvalue weighted by atomic mass is 9.92. The topological polar surface area (TPSA) is 69.6 Å². The van der Waals surface area contributed by atoms with Gasteiger partial charge in [-0.05, 0) is 12.8 Å². The molecular weight excluding hydrogens is 184 g/mol. The largest absolute Gasteiger partial charge is 0.388 e. The Morgan fingerprint density at radius 2 is 2.14 bits per heavy atom. The standard InChI is InChI=1S/C9H16N2O3/c1-6(2)9(3,14)5-11-7(12)4-10-8(11)13/h6,14H,4-5H2,1-3H3,(H,10,13). The van der Waals surface area contributed by atoms with Gasteiger partial charge in [-0.3, -0.25) is 9.69 Å². The summed E-state index contributed by atoms with van der Waals surface area (Å²) < 4.78 is 0. The van der Waals surface area contributed by atoms with Gasteiger partial charge < -0.3 is 10.4 Å². The molecule has 0 radical (unpaired) electrons. The molecule has 1 unspecified atom stereocenters. The fourth-order valence-electron chi connectivity index (χ4n) is 1.12. The van der Waals surface area contributed by atoms with E-state index < -0.39 is 11.6 Å². The van der Waals surface area contributed by atoms with Crippen LogP contribution in [0, 0.1) is 5.92 Å². The highest BCUT2D eigenvalue weighted by atomic mass is 16.3. The van der Waals surface area contributed by atoms with Crippen LogP contribution < -0.4 is 5.32 Å². The average molecular weight is 200 g/mol. The molecule has 0 aromatic rings. The number of aliphatic hydroxyl groups is 1. The minimum Gasteiger partial charge on any atom is -0.388 e. The number of amides is 3. The van der Waals surface area contributed by atoms with Crippen LogP contribution in [0.25, 0.3) is 0 Å². The van der Waals surface area contributed by atoms with E-state index in [9.17, 15) is 14.7 Å². The Morgan fingerprint density at radius 1 is 1.57 bits per heavy atom. The van der Waals surface area contributed by atoms with E-state index in [0.717, 1.165) is 4.90 Å². The van der Waals surface area contributed by atoms with Crippen molar-refractivity contribution in [3.05, 3.63) is 0 Å². The molecule has 0 bridgehead atoms. The first-order valence-electron chi connectivity index (χ1n) is 4.65. The van der Waals surface area contributed by atoms with Gasteiger partial charge in [-0.2, -0.15) is 0 Å². The molecule has 0 aliphatic carbocycles. The van der Waals surface area contributed by atoms with Crippen molar-refractivity contribution in [3.63, 3.8) is 0 Å². The molecule has 14 heavy (non-hydrogen) atoms. The Bertz CT molecular complexity index is 245. The predicted molar refractivity (Wildman–Crippen MR) is 50.6 cm³/mol. The zero-order valence-corrected chi connectivity index (χ0v) is 8.70. The highest BCUT2D eigenvalue weighted by Crippen LogP contribution is 2.18. The average Bonchev–Trinajstić information content (AvgIpc) is 2.35. The lowest BCUT2D eigenvalue weighted by molar-refractivity contribution is -0.128. The quantitative estimate of drug-likeness (QED) is 0.627. The molecule has 0 saturated carbocycles. The number of hydrogen-bond donors (Lipinski definition) is 2. The molecular formula is C9H16N2O3. The van der Waals surface area contributed by atoms with Gasteiger partial charge in [-0.15, -0.1) is 0 Å². The van der Waals surface area contributed by atoms with Crippen molar-refractivity contribution in [2.75, 3.05) is 13.1 Å². The van der Waals surface area contributed by atoms with Crippen LogP contribution >= 0.6 is 0 Å². The van der Waals surface area contributed by atoms with Crippen LogP contribution in [0.5, 0.6) is 0 Å². The Morgan fingerprint density at radius 3 is 2.50 bits per heavy atom. The molecule has 5 nitrogen and oxygen atoms in total. The third kappa shape index (κ3) is 2.04. The van der Waals surface area contributed by atoms with Crippen molar-refractivity contribution in [2.24, 2.45) is 5.92 Å². The molecule has 1 rings (SSSR count). The second-order valence-electron chi connectivity index (χ2n) is 4.15. The Labute approximate surface area is 83.1 Å². The molecule has 0 spiro atoms. The lowest BCUT2D eigenvalue weighted by Crippen LogP contribution is -2.47. The minimum absolute atomic E-state index is 0.0105. The van der Waals surface area contributed by atoms with Crippen LogP contribution in [-0.2, 0) is 4.79 Å². The van der Waals surface area contributed by atoms with E-state index in [0.29, 0.717) is 0 Å². The molecule has 5 heteroatoms. The monoisotopic (exact) mass is 200 g/mol. The number of nitrogens with one attached hydrogen (secondary N) is 1. The van der Waals surface area contributed by atoms with Crippen molar-refractivity contribution in [1.82, 2.24) is 10.2 Å². The number of urea groups is 1. The molecule has 1 atom stereocenters. The Hall–Kier alpha value is -1.10. The van der Waals surface area contributed by atoms with Gasteiger partial charge in [0.25, 0.3) is 0 Å². The number of hydrogen-bond acceptors (Lipinski definition) is 3. The summed E-state index contributed by atoms with van der Waals surface area (Å²) in [6.45, 7) is 5.40. The zero-order chi connectivity index (χ0) is 10.9. The Kier molecular flexibility index (Phi) is 2.80. The number of carbonyl (C=O) groups excluding carboxylic acids is 2. The smallest absolute Gasteiger partial charge is 0.324 e. The van der Waals surface area contributed by atoms with Gasteiger partial charge in [0.2, 0.25) is 5.91 Å². The molecule has 1 heterocycles. The third-order valence-corrected chi connectivity index (χ3v) is 2.66. The zero-order valence-electron chi connectivity index (χ0n) is 8.70. The number of carbonyl (C=O) groups is 2. The first-order chi connectivity index (χ1) is 6.34. The van der Waals surface area contributed by atoms with Gasteiger partial charge in [-0.25, -0.2) is 4.79 Å². The van der Waals surface area contributed by atoms with E-state index in [1.165, 1.54) is 0 Å². The Balaban J connectivity index is 2.68. The van der Waals surface area contributed by atoms with Crippen molar-refractivity contribution < 1.29 is 14.7 Å². The molecule has 80 valence electrons. The summed E-state index contributed by atoms with van der Waals surface area (Å²) in [4.78, 5) is 23.4. The SMILES string of the molecule is CC(C)C(C)(O)CN1C(=O)CNC1=O. The summed E-state index contributed by atoms with van der Waals surface area (Å²) in [6.07, 6.45) is 0. The van der Waals surface area contributed by atoms with Crippen molar-refractivity contribution >= 4 is 11.9 Å². The number of imide groups is 1. The second-order valence-corrected chi connectivity index (χ2v) is 4.15. The second kappa shape index (κ2) is 3.57. The first-order valence-corrected chi connectivity index (χ1v) is 4.65. The van der Waals surface area contributed by atoms with Gasteiger partial charge in [0.15, 0.2) is 0 Å². The molecule has 0 aromatic heterocycles. The van der Waals surface area contributed by atoms with Gasteiger partial charge >= 0.3 is 6.03 Å². The van der Waals surface area contributed by atoms with Crippen LogP contribution in [-0.4, -0.2) is 40.6 Å². The van der Waals surface area contributed by atoms with Crippen LogP contribution in [0.1, 0.15) is 20.8 Å². The predicted octanol–water partition coefficient (Wildman–Crippen LogP) is -0.0548. The van der Waals surface area contributed by atoms with E-state index in [-0.39, 0.29) is 24.9 Å². The molecule has 1 fully saturated rings. The fourth-order valence-corrected chi connectivity index (χ4v) is 1.12. The van der Waals surface area contributed by atoms with Crippen LogP contribution in [0.4, 0.5) is 4.79 Å². The molecule has 3 amide bonds. The van der Waals surface area contributed by atoms with Crippen molar-refractivity contribution in [2.45, 2.75) is 26.4 Å². The van der Waals surface area contributed by atoms with Crippen LogP contribution in [0.15, 0.2) is 0 Å². The maximum absolute atomic E-state index is 11.2. The van der Waals surface area contributed by atoms with Crippen molar-refractivity contribution in [3.8, 4) is 0 Å². The summed E-state index contributed by atoms with van der Waals surface area (Å²) in [7, 11) is 0. The normalized spacial score (nSPS) is 21.4. The van der Waals surface area contributed by atoms with Gasteiger partial charge in [0.1, 0.15) is 0 Å². The van der Waals surface area contributed by atoms with E-state index in [1.807, 2.05) is 13.8 Å². The number of nitrogens with zero attached hydrogens (tertiary/aromatic N) is 1. The molecule has 1 aliphatic rings. The highest BCUT2D eigenvalue weighted by Gasteiger charge is 2.36. The minimum atomic E-state index is -1.03. The summed E-state index contributed by atoms with van der Waals surface area (Å²) >= 11 is 0. The summed E-state index contributed by atoms with van der Waals surface area (Å²) in [5.41, 5.74) is -1.03. The van der Waals surface area contributed by atoms with Crippen LogP contribution in [0.2, 0.25) is 0 Å². The number of β-amino-alcohol motifs (C(OH)–C–C–N with tert-alkyl or cyclic N) is 1. The van der Waals surface area contributed by atoms with E-state index in [4.69, 9.17) is 0 Å². The summed E-state index contributed by atoms with van der Waals surface area (Å²) in [5, 5.41) is 12.3. The maximum Gasteiger partial charge on any atom is 0.324 e. The summed E-state index contributed by atoms with van der Waals surface area (Å²) in [6, 6.07) is -0.420. The van der Waals surface area contributed by atoms with Crippen molar-refractivity contribution in [1.29, 1.82) is 0 Å². The highest BCUT2D eigenvalue weighted by molar-refractivity contribution is 6.02. The van der Waals surface area contributed by atoms with Gasteiger partial charge in [-0.1, -0.05) is 13.8 Å². The van der Waals surface area contributed by atoms with Crippen LogP contribution in [0.3, 0.4) is 0 Å². The summed E-state index contributed by atoms with van der Waals surface area (Å²) in [5.74, 6) is -0.292. The first kappa shape index (κ1) is 11.0. The third-order valence-electron chi connectivity index (χ3n) is 2.66. The van der Waals surface area contributed by atoms with E-state index in [1.54, 1.807) is 6.92 Å². The maximum atomic E-state index is 11.2. The molecule has 1 aliphatic heterocycles. The molecule has 1 saturated heterocycles. The van der Waals surface area contributed by atoms with Gasteiger partial charge in [0.05, 0.1) is 18.7 Å². The van der Waals surface area contributed by atoms with Gasteiger partial charge in [0, 0.05) is 0 Å².